The number of aryl methyl sites for hydroxylation is 1. The maximum atomic E-state index is 12.7. The van der Waals surface area contributed by atoms with Crippen LogP contribution in [0.5, 0.6) is 23.0 Å². The first-order chi connectivity index (χ1) is 19.6. The van der Waals surface area contributed by atoms with Gasteiger partial charge in [-0.25, -0.2) is 10.2 Å². The summed E-state index contributed by atoms with van der Waals surface area (Å²) in [5, 5.41) is 15.0. The average molecular weight is 640 g/mol. The number of halogens is 1. The number of amides is 1. The number of phenols is 1. The summed E-state index contributed by atoms with van der Waals surface area (Å²) < 4.78 is 16.6. The van der Waals surface area contributed by atoms with Crippen LogP contribution in [0.25, 0.3) is 0 Å². The van der Waals surface area contributed by atoms with Gasteiger partial charge in [-0.05, 0) is 91.8 Å². The van der Waals surface area contributed by atoms with Crippen LogP contribution in [0.3, 0.4) is 0 Å². The van der Waals surface area contributed by atoms with Crippen molar-refractivity contribution in [2.75, 3.05) is 14.2 Å². The predicted molar refractivity (Wildman–Crippen MR) is 168 cm³/mol. The number of ether oxygens (including phenoxy) is 3. The molecular weight excluding hydrogens is 600 g/mol. The molecule has 0 saturated heterocycles. The summed E-state index contributed by atoms with van der Waals surface area (Å²) in [7, 11) is 3.02. The lowest BCUT2D eigenvalue weighted by Crippen LogP contribution is -2.20. The van der Waals surface area contributed by atoms with E-state index >= 15 is 0 Å². The topological polar surface area (TPSA) is 106 Å². The monoisotopic (exact) mass is 638 g/mol. The van der Waals surface area contributed by atoms with Crippen LogP contribution in [0.15, 0.2) is 58.1 Å². The molecule has 3 rings (SSSR count). The lowest BCUT2D eigenvalue weighted by molar-refractivity contribution is -0.121. The molecular formula is C33H39BrN2O6. The SMILES string of the molecule is COc1ccc(C(=O)Oc2c(Br)cc(/C=N\NC(=O)CCc3cc(C(C)(C)C)c(O)c(C(C)(C)C)c3)cc2OC)cc1. The minimum atomic E-state index is -0.553. The van der Waals surface area contributed by atoms with Gasteiger partial charge in [0, 0.05) is 6.42 Å². The second-order valence-electron chi connectivity index (χ2n) is 12.0. The summed E-state index contributed by atoms with van der Waals surface area (Å²) >= 11 is 3.43. The van der Waals surface area contributed by atoms with Crippen LogP contribution in [0, 0.1) is 0 Å². The second-order valence-corrected chi connectivity index (χ2v) is 12.8. The van der Waals surface area contributed by atoms with E-state index in [4.69, 9.17) is 14.2 Å². The predicted octanol–water partition coefficient (Wildman–Crippen LogP) is 7.07. The number of hydrogen-bond donors (Lipinski definition) is 2. The van der Waals surface area contributed by atoms with Gasteiger partial charge in [-0.3, -0.25) is 4.79 Å². The van der Waals surface area contributed by atoms with Gasteiger partial charge in [0.2, 0.25) is 5.91 Å². The Kier molecular flexibility index (Phi) is 10.4. The molecule has 2 N–H and O–H groups in total. The average Bonchev–Trinajstić information content (AvgIpc) is 2.92. The number of nitrogens with one attached hydrogen (secondary N) is 1. The third kappa shape index (κ3) is 8.35. The minimum Gasteiger partial charge on any atom is -0.507 e. The third-order valence-electron chi connectivity index (χ3n) is 6.60. The molecule has 8 nitrogen and oxygen atoms in total. The zero-order valence-corrected chi connectivity index (χ0v) is 27.0. The summed E-state index contributed by atoms with van der Waals surface area (Å²) in [6.07, 6.45) is 2.21. The second kappa shape index (κ2) is 13.4. The normalized spacial score (nSPS) is 11.8. The Bertz CT molecular complexity index is 1430. The summed E-state index contributed by atoms with van der Waals surface area (Å²) in [6, 6.07) is 13.9. The largest absolute Gasteiger partial charge is 0.507 e. The molecule has 0 fully saturated rings. The van der Waals surface area contributed by atoms with Crippen LogP contribution >= 0.6 is 15.9 Å². The molecule has 0 spiro atoms. The molecule has 3 aromatic carbocycles. The van der Waals surface area contributed by atoms with Gasteiger partial charge in [-0.2, -0.15) is 5.10 Å². The first-order valence-corrected chi connectivity index (χ1v) is 14.4. The Labute approximate surface area is 256 Å². The van der Waals surface area contributed by atoms with E-state index in [1.54, 1.807) is 43.5 Å². The quantitative estimate of drug-likeness (QED) is 0.112. The van der Waals surface area contributed by atoms with Crippen LogP contribution in [0.2, 0.25) is 0 Å². The van der Waals surface area contributed by atoms with Crippen molar-refractivity contribution in [2.24, 2.45) is 5.10 Å². The zero-order valence-electron chi connectivity index (χ0n) is 25.4. The highest BCUT2D eigenvalue weighted by Crippen LogP contribution is 2.40. The van der Waals surface area contributed by atoms with Crippen molar-refractivity contribution in [3.63, 3.8) is 0 Å². The van der Waals surface area contributed by atoms with Gasteiger partial charge in [0.15, 0.2) is 11.5 Å². The van der Waals surface area contributed by atoms with Crippen LogP contribution < -0.4 is 19.6 Å². The van der Waals surface area contributed by atoms with E-state index in [1.807, 2.05) is 12.1 Å². The number of nitrogens with zero attached hydrogens (tertiary/aromatic N) is 1. The maximum Gasteiger partial charge on any atom is 0.343 e. The van der Waals surface area contributed by atoms with Crippen LogP contribution in [-0.2, 0) is 22.0 Å². The van der Waals surface area contributed by atoms with Crippen molar-refractivity contribution in [3.05, 3.63) is 80.8 Å². The third-order valence-corrected chi connectivity index (χ3v) is 7.19. The van der Waals surface area contributed by atoms with E-state index < -0.39 is 5.97 Å². The minimum absolute atomic E-state index is 0.220. The molecule has 0 heterocycles. The maximum absolute atomic E-state index is 12.7. The van der Waals surface area contributed by atoms with Gasteiger partial charge in [0.1, 0.15) is 11.5 Å². The molecule has 0 saturated carbocycles. The van der Waals surface area contributed by atoms with Crippen molar-refractivity contribution >= 4 is 34.0 Å². The van der Waals surface area contributed by atoms with Gasteiger partial charge in [-0.15, -0.1) is 0 Å². The molecule has 0 aliphatic carbocycles. The summed E-state index contributed by atoms with van der Waals surface area (Å²) in [5.74, 6) is 0.683. The van der Waals surface area contributed by atoms with Gasteiger partial charge >= 0.3 is 5.97 Å². The molecule has 224 valence electrons. The lowest BCUT2D eigenvalue weighted by atomic mass is 9.78. The van der Waals surface area contributed by atoms with E-state index in [0.29, 0.717) is 39.3 Å². The van der Waals surface area contributed by atoms with E-state index in [1.165, 1.54) is 13.3 Å². The molecule has 0 radical (unpaired) electrons. The fourth-order valence-corrected chi connectivity index (χ4v) is 4.81. The lowest BCUT2D eigenvalue weighted by Gasteiger charge is -2.28. The van der Waals surface area contributed by atoms with Crippen molar-refractivity contribution in [2.45, 2.75) is 65.2 Å². The molecule has 0 aromatic heterocycles. The summed E-state index contributed by atoms with van der Waals surface area (Å²) in [4.78, 5) is 25.3. The Balaban J connectivity index is 1.67. The number of esters is 1. The Morgan fingerprint density at radius 2 is 1.52 bits per heavy atom. The smallest absolute Gasteiger partial charge is 0.343 e. The number of hydrogen-bond acceptors (Lipinski definition) is 7. The highest BCUT2D eigenvalue weighted by Gasteiger charge is 2.26. The number of benzene rings is 3. The van der Waals surface area contributed by atoms with E-state index in [9.17, 15) is 14.7 Å². The van der Waals surface area contributed by atoms with Crippen LogP contribution in [-0.4, -0.2) is 37.4 Å². The molecule has 0 aliphatic rings. The van der Waals surface area contributed by atoms with E-state index in [-0.39, 0.29) is 28.9 Å². The number of methoxy groups -OCH3 is 2. The van der Waals surface area contributed by atoms with Crippen molar-refractivity contribution < 1.29 is 28.9 Å². The summed E-state index contributed by atoms with van der Waals surface area (Å²) in [6.45, 7) is 12.4. The van der Waals surface area contributed by atoms with Gasteiger partial charge < -0.3 is 19.3 Å². The highest BCUT2D eigenvalue weighted by atomic mass is 79.9. The number of phenolic OH excluding ortho intramolecular Hbond substituents is 1. The molecule has 0 unspecified atom stereocenters. The number of carbonyl (C=O) groups is 2. The van der Waals surface area contributed by atoms with Crippen molar-refractivity contribution in [3.8, 4) is 23.0 Å². The van der Waals surface area contributed by atoms with Crippen LogP contribution in [0.4, 0.5) is 0 Å². The fraction of sp³-hybridized carbons (Fsp3) is 0.364. The van der Waals surface area contributed by atoms with Gasteiger partial charge in [-0.1, -0.05) is 53.7 Å². The molecule has 42 heavy (non-hydrogen) atoms. The fourth-order valence-electron chi connectivity index (χ4n) is 4.27. The van der Waals surface area contributed by atoms with E-state index in [0.717, 1.165) is 16.7 Å². The number of hydrazone groups is 1. The summed E-state index contributed by atoms with van der Waals surface area (Å²) in [5.41, 5.74) is 5.76. The van der Waals surface area contributed by atoms with Crippen LogP contribution in [0.1, 0.15) is 80.6 Å². The Morgan fingerprint density at radius 3 is 2.05 bits per heavy atom. The first-order valence-electron chi connectivity index (χ1n) is 13.6. The first kappa shape index (κ1) is 32.7. The molecule has 1 amide bonds. The number of carbonyl (C=O) groups excluding carboxylic acids is 2. The van der Waals surface area contributed by atoms with E-state index in [2.05, 4.69) is 68.0 Å². The molecule has 9 heteroatoms. The molecule has 3 aromatic rings. The van der Waals surface area contributed by atoms with Crippen molar-refractivity contribution in [1.82, 2.24) is 5.43 Å². The van der Waals surface area contributed by atoms with Gasteiger partial charge in [0.25, 0.3) is 0 Å². The number of rotatable bonds is 9. The Hall–Kier alpha value is -3.85. The zero-order chi connectivity index (χ0) is 31.2. The highest BCUT2D eigenvalue weighted by molar-refractivity contribution is 9.10. The van der Waals surface area contributed by atoms with Crippen molar-refractivity contribution in [1.29, 1.82) is 0 Å². The Morgan fingerprint density at radius 1 is 0.929 bits per heavy atom. The number of aromatic hydroxyl groups is 1. The standard InChI is InChI=1S/C33H39BrN2O6/c1-32(2,3)24-15-20(16-25(29(24)38)33(4,5)6)9-14-28(37)36-35-19-21-17-26(34)30(27(18-21)41-8)42-31(39)22-10-12-23(40-7)13-11-22/h10-13,15-19,38H,9,14H2,1-8H3,(H,36,37)/b35-19-. The van der Waals surface area contributed by atoms with Gasteiger partial charge in [0.05, 0.1) is 30.5 Å². The molecule has 0 atom stereocenters. The molecule has 0 aliphatic heterocycles. The molecule has 0 bridgehead atoms.